The molecular formula is C11H7BrO4. The average molecular weight is 283 g/mol. The molecular weight excluding hydrogens is 276 g/mol. The lowest BCUT2D eigenvalue weighted by Gasteiger charge is -2.15. The zero-order valence-corrected chi connectivity index (χ0v) is 9.87. The van der Waals surface area contributed by atoms with Crippen LogP contribution < -0.4 is 4.74 Å². The summed E-state index contributed by atoms with van der Waals surface area (Å²) in [5, 5.41) is 9.74. The van der Waals surface area contributed by atoms with Gasteiger partial charge < -0.3 is 9.84 Å². The minimum absolute atomic E-state index is 0.113. The first-order valence-corrected chi connectivity index (χ1v) is 5.21. The number of hydrogen-bond donors (Lipinski definition) is 1. The number of carbonyl (C=O) groups is 2. The van der Waals surface area contributed by atoms with E-state index in [1.54, 1.807) is 6.07 Å². The fourth-order valence-electron chi connectivity index (χ4n) is 1.49. The molecule has 0 radical (unpaired) electrons. The topological polar surface area (TPSA) is 63.6 Å². The molecule has 0 spiro atoms. The van der Waals surface area contributed by atoms with Gasteiger partial charge in [-0.15, -0.1) is 0 Å². The van der Waals surface area contributed by atoms with Crippen molar-refractivity contribution in [3.05, 3.63) is 33.8 Å². The van der Waals surface area contributed by atoms with Crippen LogP contribution in [-0.4, -0.2) is 23.8 Å². The minimum Gasteiger partial charge on any atom is -0.506 e. The molecule has 0 heterocycles. The molecule has 4 nitrogen and oxygen atoms in total. The molecule has 0 atom stereocenters. The molecule has 0 aliphatic heterocycles. The molecule has 0 aromatic heterocycles. The minimum atomic E-state index is -0.741. The van der Waals surface area contributed by atoms with Gasteiger partial charge in [0.15, 0.2) is 0 Å². The van der Waals surface area contributed by atoms with Crippen molar-refractivity contribution in [2.24, 2.45) is 0 Å². The van der Waals surface area contributed by atoms with Crippen molar-refractivity contribution in [3.8, 4) is 5.75 Å². The van der Waals surface area contributed by atoms with Crippen LogP contribution in [0, 0.1) is 0 Å². The summed E-state index contributed by atoms with van der Waals surface area (Å²) in [5.74, 6) is -1.11. The van der Waals surface area contributed by atoms with E-state index in [-0.39, 0.29) is 15.8 Å². The lowest BCUT2D eigenvalue weighted by Crippen LogP contribution is -2.21. The maximum Gasteiger partial charge on any atom is 0.244 e. The third kappa shape index (κ3) is 1.44. The van der Waals surface area contributed by atoms with Gasteiger partial charge in [0, 0.05) is 11.1 Å². The van der Waals surface area contributed by atoms with Crippen molar-refractivity contribution in [1.82, 2.24) is 0 Å². The molecule has 1 aliphatic carbocycles. The Bertz CT molecular complexity index is 531. The molecule has 0 fully saturated rings. The van der Waals surface area contributed by atoms with Crippen LogP contribution in [0.1, 0.15) is 15.9 Å². The number of carbonyl (C=O) groups excluding carboxylic acids is 2. The number of fused-ring (bicyclic) bond motifs is 1. The summed E-state index contributed by atoms with van der Waals surface area (Å²) in [6, 6.07) is 4.54. The fourth-order valence-corrected chi connectivity index (χ4v) is 1.89. The van der Waals surface area contributed by atoms with E-state index in [0.29, 0.717) is 11.3 Å². The van der Waals surface area contributed by atoms with Crippen LogP contribution in [0.5, 0.6) is 5.75 Å². The van der Waals surface area contributed by atoms with E-state index in [4.69, 9.17) is 4.74 Å². The second-order valence-electron chi connectivity index (χ2n) is 3.23. The highest BCUT2D eigenvalue weighted by molar-refractivity contribution is 9.12. The van der Waals surface area contributed by atoms with Crippen molar-refractivity contribution >= 4 is 33.3 Å². The van der Waals surface area contributed by atoms with Crippen molar-refractivity contribution in [2.45, 2.75) is 0 Å². The summed E-state index contributed by atoms with van der Waals surface area (Å²) in [5.41, 5.74) is 0.488. The average Bonchev–Trinajstić information content (AvgIpc) is 2.33. The quantitative estimate of drug-likeness (QED) is 0.801. The Balaban J connectivity index is 2.71. The molecule has 1 N–H and O–H groups in total. The zero-order chi connectivity index (χ0) is 11.9. The number of Topliss-reactive ketones (excluding diaryl/α,β-unsaturated/α-hetero) is 2. The summed E-state index contributed by atoms with van der Waals surface area (Å²) in [6.45, 7) is 0. The molecule has 0 saturated carbocycles. The van der Waals surface area contributed by atoms with Crippen molar-refractivity contribution in [2.75, 3.05) is 7.11 Å². The Morgan fingerprint density at radius 2 is 1.88 bits per heavy atom. The van der Waals surface area contributed by atoms with E-state index in [1.807, 2.05) is 0 Å². The molecule has 1 aromatic carbocycles. The number of aliphatic hydroxyl groups excluding tert-OH is 1. The molecule has 0 unspecified atom stereocenters. The smallest absolute Gasteiger partial charge is 0.244 e. The Labute approximate surface area is 99.7 Å². The third-order valence-electron chi connectivity index (χ3n) is 2.34. The van der Waals surface area contributed by atoms with Gasteiger partial charge in [-0.25, -0.2) is 0 Å². The predicted molar refractivity (Wildman–Crippen MR) is 60.8 cm³/mol. The zero-order valence-electron chi connectivity index (χ0n) is 8.28. The highest BCUT2D eigenvalue weighted by Crippen LogP contribution is 2.32. The summed E-state index contributed by atoms with van der Waals surface area (Å²) in [4.78, 5) is 23.0. The lowest BCUT2D eigenvalue weighted by molar-refractivity contribution is -0.111. The van der Waals surface area contributed by atoms with Crippen molar-refractivity contribution < 1.29 is 19.4 Å². The van der Waals surface area contributed by atoms with Crippen molar-refractivity contribution in [3.63, 3.8) is 0 Å². The Kier molecular flexibility index (Phi) is 2.55. The van der Waals surface area contributed by atoms with Gasteiger partial charge in [-0.2, -0.15) is 0 Å². The molecule has 0 saturated heterocycles. The molecule has 0 amide bonds. The van der Waals surface area contributed by atoms with Crippen molar-refractivity contribution in [1.29, 1.82) is 0 Å². The maximum atomic E-state index is 11.6. The second-order valence-corrected chi connectivity index (χ2v) is 4.03. The van der Waals surface area contributed by atoms with Gasteiger partial charge in [-0.05, 0) is 34.1 Å². The molecule has 1 aliphatic rings. The van der Waals surface area contributed by atoms with Gasteiger partial charge in [0.1, 0.15) is 16.0 Å². The summed E-state index contributed by atoms with van der Waals surface area (Å²) in [7, 11) is 1.48. The normalized spacial score (nSPS) is 15.1. The number of allylic oxidation sites excluding steroid dienone is 1. The molecule has 16 heavy (non-hydrogen) atoms. The predicted octanol–water partition coefficient (Wildman–Crippen LogP) is 2.08. The number of methoxy groups -OCH3 is 1. The first-order chi connectivity index (χ1) is 7.56. The summed E-state index contributed by atoms with van der Waals surface area (Å²) < 4.78 is 4.87. The third-order valence-corrected chi connectivity index (χ3v) is 3.08. The van der Waals surface area contributed by atoms with E-state index in [2.05, 4.69) is 15.9 Å². The van der Waals surface area contributed by atoms with Crippen LogP contribution in [0.15, 0.2) is 22.7 Å². The largest absolute Gasteiger partial charge is 0.506 e. The molecule has 2 rings (SSSR count). The van der Waals surface area contributed by atoms with Gasteiger partial charge in [0.25, 0.3) is 0 Å². The van der Waals surface area contributed by atoms with Crippen LogP contribution in [0.25, 0.3) is 5.76 Å². The highest BCUT2D eigenvalue weighted by atomic mass is 79.9. The Morgan fingerprint density at radius 3 is 2.50 bits per heavy atom. The van der Waals surface area contributed by atoms with E-state index >= 15 is 0 Å². The number of hydrogen-bond acceptors (Lipinski definition) is 4. The maximum absolute atomic E-state index is 11.6. The van der Waals surface area contributed by atoms with Gasteiger partial charge in [0.2, 0.25) is 11.6 Å². The Hall–Kier alpha value is -1.62. The number of benzene rings is 1. The van der Waals surface area contributed by atoms with E-state index in [1.165, 1.54) is 19.2 Å². The first-order valence-electron chi connectivity index (χ1n) is 4.42. The fraction of sp³-hybridized carbons (Fsp3) is 0.0909. The van der Waals surface area contributed by atoms with Gasteiger partial charge >= 0.3 is 0 Å². The van der Waals surface area contributed by atoms with E-state index in [0.717, 1.165) is 0 Å². The van der Waals surface area contributed by atoms with Gasteiger partial charge in [-0.3, -0.25) is 9.59 Å². The van der Waals surface area contributed by atoms with Gasteiger partial charge in [0.05, 0.1) is 7.11 Å². The van der Waals surface area contributed by atoms with Crippen LogP contribution in [0.2, 0.25) is 0 Å². The molecule has 0 bridgehead atoms. The van der Waals surface area contributed by atoms with Crippen LogP contribution >= 0.6 is 15.9 Å². The number of ether oxygens (including phenoxy) is 1. The number of aliphatic hydroxyl groups is 1. The highest BCUT2D eigenvalue weighted by Gasteiger charge is 2.31. The van der Waals surface area contributed by atoms with E-state index in [9.17, 15) is 14.7 Å². The SMILES string of the molecule is COc1ccc2c(c1)C(O)=C(Br)C(=O)C2=O. The first kappa shape index (κ1) is 10.9. The standard InChI is InChI=1S/C11H7BrO4/c1-16-5-2-3-6-7(4-5)9(13)8(12)11(15)10(6)14/h2-4,13H,1H3. The number of ketones is 2. The van der Waals surface area contributed by atoms with Crippen LogP contribution in [0.4, 0.5) is 0 Å². The number of halogens is 1. The molecule has 5 heteroatoms. The lowest BCUT2D eigenvalue weighted by atomic mass is 9.94. The van der Waals surface area contributed by atoms with Crippen LogP contribution in [0.3, 0.4) is 0 Å². The van der Waals surface area contributed by atoms with Crippen LogP contribution in [-0.2, 0) is 4.79 Å². The van der Waals surface area contributed by atoms with Gasteiger partial charge in [-0.1, -0.05) is 0 Å². The monoisotopic (exact) mass is 282 g/mol. The molecule has 1 aromatic rings. The summed E-state index contributed by atoms with van der Waals surface area (Å²) >= 11 is 2.89. The number of rotatable bonds is 1. The van der Waals surface area contributed by atoms with E-state index < -0.39 is 11.6 Å². The molecule has 82 valence electrons. The Morgan fingerprint density at radius 1 is 1.19 bits per heavy atom. The summed E-state index contributed by atoms with van der Waals surface area (Å²) in [6.07, 6.45) is 0. The second kappa shape index (κ2) is 3.75.